The monoisotopic (exact) mass is 253 g/mol. The van der Waals surface area contributed by atoms with Crippen molar-refractivity contribution in [2.45, 2.75) is 26.0 Å². The minimum atomic E-state index is -0.125. The molecule has 2 atom stereocenters. The third kappa shape index (κ3) is 5.04. The first-order valence-corrected chi connectivity index (χ1v) is 6.26. The van der Waals surface area contributed by atoms with Gasteiger partial charge in [-0.05, 0) is 31.5 Å². The van der Waals surface area contributed by atoms with Gasteiger partial charge >= 0.3 is 0 Å². The van der Waals surface area contributed by atoms with Crippen LogP contribution >= 0.6 is 0 Å². The second-order valence-electron chi connectivity index (χ2n) is 4.18. The van der Waals surface area contributed by atoms with Gasteiger partial charge in [0.2, 0.25) is 0 Å². The van der Waals surface area contributed by atoms with Gasteiger partial charge in [-0.2, -0.15) is 0 Å². The summed E-state index contributed by atoms with van der Waals surface area (Å²) >= 11 is 0. The van der Waals surface area contributed by atoms with Crippen molar-refractivity contribution in [1.29, 1.82) is 0 Å². The number of ether oxygens (including phenoxy) is 3. The molecule has 0 amide bonds. The van der Waals surface area contributed by atoms with E-state index in [-0.39, 0.29) is 12.1 Å². The van der Waals surface area contributed by atoms with E-state index in [4.69, 9.17) is 19.9 Å². The Labute approximate surface area is 109 Å². The quantitative estimate of drug-likeness (QED) is 0.771. The van der Waals surface area contributed by atoms with Crippen LogP contribution < -0.4 is 10.5 Å². The van der Waals surface area contributed by atoms with Crippen molar-refractivity contribution in [3.8, 4) is 5.75 Å². The molecule has 0 radical (unpaired) electrons. The van der Waals surface area contributed by atoms with Crippen LogP contribution in [0.5, 0.6) is 5.75 Å². The van der Waals surface area contributed by atoms with E-state index in [0.29, 0.717) is 19.8 Å². The van der Waals surface area contributed by atoms with Gasteiger partial charge in [-0.1, -0.05) is 12.1 Å². The van der Waals surface area contributed by atoms with Crippen LogP contribution in [0.4, 0.5) is 0 Å². The van der Waals surface area contributed by atoms with E-state index >= 15 is 0 Å². The summed E-state index contributed by atoms with van der Waals surface area (Å²) in [6.07, 6.45) is 0.0641. The van der Waals surface area contributed by atoms with Gasteiger partial charge in [0.05, 0.1) is 32.5 Å². The van der Waals surface area contributed by atoms with Crippen molar-refractivity contribution >= 4 is 0 Å². The molecule has 4 nitrogen and oxygen atoms in total. The maximum absolute atomic E-state index is 6.06. The predicted molar refractivity (Wildman–Crippen MR) is 71.8 cm³/mol. The molecular weight excluding hydrogens is 230 g/mol. The molecule has 0 aliphatic heterocycles. The van der Waals surface area contributed by atoms with Crippen LogP contribution in [0.3, 0.4) is 0 Å². The lowest BCUT2D eigenvalue weighted by atomic mass is 10.1. The van der Waals surface area contributed by atoms with Gasteiger partial charge in [-0.25, -0.2) is 0 Å². The second-order valence-corrected chi connectivity index (χ2v) is 4.18. The van der Waals surface area contributed by atoms with Crippen LogP contribution in [0, 0.1) is 0 Å². The lowest BCUT2D eigenvalue weighted by Crippen LogP contribution is -2.23. The molecular formula is C14H23NO3. The fourth-order valence-corrected chi connectivity index (χ4v) is 1.55. The first-order valence-electron chi connectivity index (χ1n) is 6.26. The van der Waals surface area contributed by atoms with Gasteiger partial charge < -0.3 is 19.9 Å². The SMILES string of the molecule is CCOCC(C)OCC(N)c1ccc(OC)cc1. The number of benzene rings is 1. The molecule has 2 unspecified atom stereocenters. The number of hydrogen-bond acceptors (Lipinski definition) is 4. The summed E-state index contributed by atoms with van der Waals surface area (Å²) in [6.45, 7) is 5.75. The third-order valence-electron chi connectivity index (χ3n) is 2.66. The Morgan fingerprint density at radius 1 is 1.17 bits per heavy atom. The number of nitrogens with two attached hydrogens (primary N) is 1. The molecule has 1 aromatic carbocycles. The van der Waals surface area contributed by atoms with E-state index in [1.165, 1.54) is 0 Å². The molecule has 0 saturated heterocycles. The standard InChI is InChI=1S/C14H23NO3/c1-4-17-9-11(2)18-10-14(15)12-5-7-13(16-3)8-6-12/h5-8,11,14H,4,9-10,15H2,1-3H3. The van der Waals surface area contributed by atoms with Gasteiger partial charge in [-0.15, -0.1) is 0 Å². The molecule has 0 fully saturated rings. The Kier molecular flexibility index (Phi) is 6.72. The minimum Gasteiger partial charge on any atom is -0.497 e. The molecule has 0 aliphatic carbocycles. The molecule has 1 aromatic rings. The van der Waals surface area contributed by atoms with E-state index in [0.717, 1.165) is 11.3 Å². The Bertz CT molecular complexity index is 326. The Morgan fingerprint density at radius 2 is 1.83 bits per heavy atom. The fraction of sp³-hybridized carbons (Fsp3) is 0.571. The summed E-state index contributed by atoms with van der Waals surface area (Å²) in [6, 6.07) is 7.59. The van der Waals surface area contributed by atoms with Crippen molar-refractivity contribution in [3.05, 3.63) is 29.8 Å². The topological polar surface area (TPSA) is 53.7 Å². The second kappa shape index (κ2) is 8.08. The summed E-state index contributed by atoms with van der Waals surface area (Å²) < 4.78 is 16.0. The van der Waals surface area contributed by atoms with Crippen molar-refractivity contribution < 1.29 is 14.2 Å². The predicted octanol–water partition coefficient (Wildman–Crippen LogP) is 2.14. The maximum atomic E-state index is 6.06. The van der Waals surface area contributed by atoms with Crippen LogP contribution in [0.15, 0.2) is 24.3 Å². The van der Waals surface area contributed by atoms with Crippen molar-refractivity contribution in [2.75, 3.05) is 26.9 Å². The highest BCUT2D eigenvalue weighted by atomic mass is 16.5. The summed E-state index contributed by atoms with van der Waals surface area (Å²) in [5, 5.41) is 0. The van der Waals surface area contributed by atoms with Gasteiger partial charge in [0.25, 0.3) is 0 Å². The maximum Gasteiger partial charge on any atom is 0.118 e. The van der Waals surface area contributed by atoms with E-state index in [2.05, 4.69) is 0 Å². The average Bonchev–Trinajstić information content (AvgIpc) is 2.42. The zero-order chi connectivity index (χ0) is 13.4. The highest BCUT2D eigenvalue weighted by Gasteiger charge is 2.09. The fourth-order valence-electron chi connectivity index (χ4n) is 1.55. The summed E-state index contributed by atoms with van der Waals surface area (Å²) in [5.41, 5.74) is 7.10. The van der Waals surface area contributed by atoms with E-state index in [1.807, 2.05) is 38.1 Å². The average molecular weight is 253 g/mol. The smallest absolute Gasteiger partial charge is 0.118 e. The minimum absolute atomic E-state index is 0.0641. The van der Waals surface area contributed by atoms with Crippen molar-refractivity contribution in [1.82, 2.24) is 0 Å². The zero-order valence-corrected chi connectivity index (χ0v) is 11.4. The number of methoxy groups -OCH3 is 1. The molecule has 0 aliphatic rings. The van der Waals surface area contributed by atoms with Gasteiger partial charge in [-0.3, -0.25) is 0 Å². The molecule has 102 valence electrons. The van der Waals surface area contributed by atoms with Gasteiger partial charge in [0.15, 0.2) is 0 Å². The largest absolute Gasteiger partial charge is 0.497 e. The molecule has 0 bridgehead atoms. The van der Waals surface area contributed by atoms with E-state index < -0.39 is 0 Å². The van der Waals surface area contributed by atoms with Crippen LogP contribution in [0.1, 0.15) is 25.5 Å². The lowest BCUT2D eigenvalue weighted by Gasteiger charge is -2.17. The van der Waals surface area contributed by atoms with Gasteiger partial charge in [0.1, 0.15) is 5.75 Å². The number of rotatable bonds is 8. The van der Waals surface area contributed by atoms with Crippen LogP contribution in [-0.2, 0) is 9.47 Å². The Balaban J connectivity index is 2.37. The highest BCUT2D eigenvalue weighted by molar-refractivity contribution is 5.28. The molecule has 0 spiro atoms. The zero-order valence-electron chi connectivity index (χ0n) is 11.4. The highest BCUT2D eigenvalue weighted by Crippen LogP contribution is 2.16. The summed E-state index contributed by atoms with van der Waals surface area (Å²) in [5.74, 6) is 0.830. The Morgan fingerprint density at radius 3 is 2.39 bits per heavy atom. The van der Waals surface area contributed by atoms with Crippen LogP contribution in [0.2, 0.25) is 0 Å². The van der Waals surface area contributed by atoms with Gasteiger partial charge in [0, 0.05) is 6.61 Å². The molecule has 2 N–H and O–H groups in total. The first-order chi connectivity index (χ1) is 8.67. The van der Waals surface area contributed by atoms with Crippen molar-refractivity contribution in [2.24, 2.45) is 5.73 Å². The molecule has 4 heteroatoms. The van der Waals surface area contributed by atoms with Crippen LogP contribution in [0.25, 0.3) is 0 Å². The summed E-state index contributed by atoms with van der Waals surface area (Å²) in [7, 11) is 1.65. The number of hydrogen-bond donors (Lipinski definition) is 1. The lowest BCUT2D eigenvalue weighted by molar-refractivity contribution is -0.00835. The molecule has 18 heavy (non-hydrogen) atoms. The molecule has 0 heterocycles. The molecule has 0 saturated carbocycles. The first kappa shape index (κ1) is 15.0. The van der Waals surface area contributed by atoms with E-state index in [1.54, 1.807) is 7.11 Å². The van der Waals surface area contributed by atoms with Crippen molar-refractivity contribution in [3.63, 3.8) is 0 Å². The van der Waals surface area contributed by atoms with E-state index in [9.17, 15) is 0 Å². The third-order valence-corrected chi connectivity index (χ3v) is 2.66. The normalized spacial score (nSPS) is 14.2. The molecule has 0 aromatic heterocycles. The Hall–Kier alpha value is -1.10. The molecule has 1 rings (SSSR count). The summed E-state index contributed by atoms with van der Waals surface area (Å²) in [4.78, 5) is 0. The van der Waals surface area contributed by atoms with Crippen LogP contribution in [-0.4, -0.2) is 33.0 Å².